The van der Waals surface area contributed by atoms with Gasteiger partial charge in [0, 0.05) is 60.1 Å². The highest BCUT2D eigenvalue weighted by atomic mass is 16.3. The van der Waals surface area contributed by atoms with Gasteiger partial charge in [-0.3, -0.25) is 0 Å². The summed E-state index contributed by atoms with van der Waals surface area (Å²) in [5, 5.41) is 6.56. The second-order valence-corrected chi connectivity index (χ2v) is 15.9. The van der Waals surface area contributed by atoms with E-state index in [0.717, 1.165) is 110 Å². The Hall–Kier alpha value is -8.61. The Labute approximate surface area is 361 Å². The van der Waals surface area contributed by atoms with Gasteiger partial charge in [-0.25, -0.2) is 15.0 Å². The quantitative estimate of drug-likeness (QED) is 0.167. The molecular weight excluding hydrogens is 773 g/mol. The summed E-state index contributed by atoms with van der Waals surface area (Å²) in [6.45, 7) is 0. The average Bonchev–Trinajstić information content (AvgIpc) is 4.02. The third-order valence-electron chi connectivity index (χ3n) is 12.2. The summed E-state index contributed by atoms with van der Waals surface area (Å²) in [6, 6.07) is 71.7. The largest absolute Gasteiger partial charge is 0.456 e. The number of rotatable bonds is 6. The molecule has 13 aromatic rings. The predicted octanol–water partition coefficient (Wildman–Crippen LogP) is 15.1. The van der Waals surface area contributed by atoms with Crippen LogP contribution < -0.4 is 0 Å². The maximum Gasteiger partial charge on any atom is 0.164 e. The zero-order chi connectivity index (χ0) is 41.4. The van der Waals surface area contributed by atoms with Gasteiger partial charge in [-0.2, -0.15) is 0 Å². The molecule has 0 aliphatic carbocycles. The normalized spacial score (nSPS) is 11.8. The molecule has 9 aromatic carbocycles. The molecule has 0 amide bonds. The van der Waals surface area contributed by atoms with Gasteiger partial charge < -0.3 is 13.4 Å². The Morgan fingerprint density at radius 3 is 1.40 bits per heavy atom. The molecule has 0 fully saturated rings. The molecule has 294 valence electrons. The van der Waals surface area contributed by atoms with E-state index >= 15 is 0 Å². The van der Waals surface area contributed by atoms with Gasteiger partial charge in [0.2, 0.25) is 0 Å². The summed E-state index contributed by atoms with van der Waals surface area (Å²) >= 11 is 0. The second kappa shape index (κ2) is 14.0. The summed E-state index contributed by atoms with van der Waals surface area (Å²) < 4.78 is 15.2. The first-order valence-electron chi connectivity index (χ1n) is 21.1. The molecule has 0 N–H and O–H groups in total. The van der Waals surface area contributed by atoms with Crippen molar-refractivity contribution in [2.24, 2.45) is 0 Å². The standard InChI is InChI=1S/C57H34N4O2/c1-4-16-35(17-5-1)44-30-39(57-59-55(37-20-8-3-9-21-37)58-56(60-57)38-28-29-43-41-23-11-14-26-50(41)62-52(43)32-38)31-45(36-18-6-2-7-19-36)54(44)61-48-25-13-10-22-40(48)46-34-53-47(33-49(46)61)42-24-12-15-27-51(42)63-53/h1-34H. The summed E-state index contributed by atoms with van der Waals surface area (Å²) in [6.07, 6.45) is 0. The molecule has 0 bridgehead atoms. The molecule has 0 saturated carbocycles. The van der Waals surface area contributed by atoms with Crippen LogP contribution in [0.2, 0.25) is 0 Å². The summed E-state index contributed by atoms with van der Waals surface area (Å²) in [5.74, 6) is 1.72. The van der Waals surface area contributed by atoms with Crippen LogP contribution >= 0.6 is 0 Å². The average molecular weight is 807 g/mol. The lowest BCUT2D eigenvalue weighted by Gasteiger charge is -2.21. The molecule has 0 aliphatic rings. The zero-order valence-corrected chi connectivity index (χ0v) is 33.7. The van der Waals surface area contributed by atoms with Crippen LogP contribution in [0, 0.1) is 0 Å². The Morgan fingerprint density at radius 1 is 0.286 bits per heavy atom. The Morgan fingerprint density at radius 2 is 0.762 bits per heavy atom. The first-order valence-corrected chi connectivity index (χ1v) is 21.1. The van der Waals surface area contributed by atoms with Crippen molar-refractivity contribution in [3.8, 4) is 62.1 Å². The van der Waals surface area contributed by atoms with Crippen molar-refractivity contribution < 1.29 is 8.83 Å². The van der Waals surface area contributed by atoms with Crippen LogP contribution in [0.15, 0.2) is 215 Å². The van der Waals surface area contributed by atoms with E-state index in [2.05, 4.69) is 144 Å². The number of hydrogen-bond acceptors (Lipinski definition) is 5. The van der Waals surface area contributed by atoms with Gasteiger partial charge in [-0.15, -0.1) is 0 Å². The van der Waals surface area contributed by atoms with Crippen LogP contribution in [0.3, 0.4) is 0 Å². The number of para-hydroxylation sites is 3. The topological polar surface area (TPSA) is 69.9 Å². The molecule has 0 atom stereocenters. The van der Waals surface area contributed by atoms with Crippen LogP contribution in [0.1, 0.15) is 0 Å². The minimum atomic E-state index is 0.562. The first kappa shape index (κ1) is 35.2. The summed E-state index contributed by atoms with van der Waals surface area (Å²) in [4.78, 5) is 15.7. The van der Waals surface area contributed by atoms with Gasteiger partial charge in [0.05, 0.1) is 16.7 Å². The molecule has 4 aromatic heterocycles. The molecule has 4 heterocycles. The molecule has 0 radical (unpaired) electrons. The van der Waals surface area contributed by atoms with E-state index < -0.39 is 0 Å². The number of fused-ring (bicyclic) bond motifs is 9. The molecule has 0 aliphatic heterocycles. The van der Waals surface area contributed by atoms with Gasteiger partial charge >= 0.3 is 0 Å². The first-order chi connectivity index (χ1) is 31.2. The highest BCUT2D eigenvalue weighted by Crippen LogP contribution is 2.45. The molecule has 0 saturated heterocycles. The Balaban J connectivity index is 1.12. The zero-order valence-electron chi connectivity index (χ0n) is 33.7. The van der Waals surface area contributed by atoms with Gasteiger partial charge in [0.25, 0.3) is 0 Å². The summed E-state index contributed by atoms with van der Waals surface area (Å²) in [7, 11) is 0. The lowest BCUT2D eigenvalue weighted by atomic mass is 9.92. The smallest absolute Gasteiger partial charge is 0.164 e. The minimum Gasteiger partial charge on any atom is -0.456 e. The lowest BCUT2D eigenvalue weighted by Crippen LogP contribution is -2.04. The monoisotopic (exact) mass is 806 g/mol. The Bertz CT molecular complexity index is 3840. The molecule has 6 nitrogen and oxygen atoms in total. The fourth-order valence-electron chi connectivity index (χ4n) is 9.32. The number of furan rings is 2. The maximum absolute atomic E-state index is 6.46. The molecule has 13 rings (SSSR count). The van der Waals surface area contributed by atoms with Crippen LogP contribution in [-0.4, -0.2) is 19.5 Å². The number of aromatic nitrogens is 4. The SMILES string of the molecule is c1ccc(-c2nc(-c3cc(-c4ccccc4)c(-n4c5ccccc5c5cc6oc7ccccc7c6cc54)c(-c4ccccc4)c3)nc(-c3ccc4c(c3)oc3ccccc34)n2)cc1. The van der Waals surface area contributed by atoms with Crippen molar-refractivity contribution in [2.75, 3.05) is 0 Å². The molecule has 0 unspecified atom stereocenters. The van der Waals surface area contributed by atoms with Crippen molar-refractivity contribution >= 4 is 65.7 Å². The van der Waals surface area contributed by atoms with Crippen LogP contribution in [0.4, 0.5) is 0 Å². The number of benzene rings is 9. The van der Waals surface area contributed by atoms with Gasteiger partial charge in [0.1, 0.15) is 22.3 Å². The molecule has 63 heavy (non-hydrogen) atoms. The number of nitrogens with zero attached hydrogens (tertiary/aromatic N) is 4. The van der Waals surface area contributed by atoms with E-state index in [-0.39, 0.29) is 0 Å². The van der Waals surface area contributed by atoms with E-state index in [0.29, 0.717) is 17.5 Å². The molecule has 0 spiro atoms. The van der Waals surface area contributed by atoms with Crippen molar-refractivity contribution in [3.63, 3.8) is 0 Å². The van der Waals surface area contributed by atoms with Gasteiger partial charge in [0.15, 0.2) is 17.5 Å². The Kier molecular flexibility index (Phi) is 7.80. The maximum atomic E-state index is 6.46. The summed E-state index contributed by atoms with van der Waals surface area (Å²) in [5.41, 5.74) is 13.4. The van der Waals surface area contributed by atoms with E-state index in [1.54, 1.807) is 0 Å². The molecule has 6 heteroatoms. The third-order valence-corrected chi connectivity index (χ3v) is 12.2. The van der Waals surface area contributed by atoms with Crippen LogP contribution in [0.5, 0.6) is 0 Å². The van der Waals surface area contributed by atoms with Gasteiger partial charge in [-0.1, -0.05) is 152 Å². The van der Waals surface area contributed by atoms with Crippen LogP contribution in [-0.2, 0) is 0 Å². The van der Waals surface area contributed by atoms with Crippen molar-refractivity contribution in [1.29, 1.82) is 0 Å². The third kappa shape index (κ3) is 5.69. The van der Waals surface area contributed by atoms with E-state index in [1.165, 1.54) is 0 Å². The number of hydrogen-bond donors (Lipinski definition) is 0. The highest BCUT2D eigenvalue weighted by molar-refractivity contribution is 6.18. The van der Waals surface area contributed by atoms with Crippen molar-refractivity contribution in [2.45, 2.75) is 0 Å². The fraction of sp³-hybridized carbons (Fsp3) is 0. The predicted molar refractivity (Wildman–Crippen MR) is 256 cm³/mol. The van der Waals surface area contributed by atoms with Crippen molar-refractivity contribution in [1.82, 2.24) is 19.5 Å². The lowest BCUT2D eigenvalue weighted by molar-refractivity contribution is 0.669. The van der Waals surface area contributed by atoms with Gasteiger partial charge in [-0.05, 0) is 65.7 Å². The molecular formula is C57H34N4O2. The van der Waals surface area contributed by atoms with E-state index in [1.807, 2.05) is 66.7 Å². The van der Waals surface area contributed by atoms with E-state index in [9.17, 15) is 0 Å². The second-order valence-electron chi connectivity index (χ2n) is 15.9. The fourth-order valence-corrected chi connectivity index (χ4v) is 9.32. The minimum absolute atomic E-state index is 0.562. The highest BCUT2D eigenvalue weighted by Gasteiger charge is 2.24. The van der Waals surface area contributed by atoms with E-state index in [4.69, 9.17) is 23.8 Å². The van der Waals surface area contributed by atoms with Crippen molar-refractivity contribution in [3.05, 3.63) is 206 Å². The van der Waals surface area contributed by atoms with Crippen LogP contribution in [0.25, 0.3) is 128 Å².